The Morgan fingerprint density at radius 2 is 1.80 bits per heavy atom. The summed E-state index contributed by atoms with van der Waals surface area (Å²) in [7, 11) is 0. The third-order valence-electron chi connectivity index (χ3n) is 3.63. The molecule has 1 aromatic rings. The number of aliphatic hydroxyl groups excluding tert-OH is 1. The lowest BCUT2D eigenvalue weighted by Crippen LogP contribution is -2.48. The van der Waals surface area contributed by atoms with E-state index >= 15 is 0 Å². The molecular formula is C15H23ClN2O2. The fourth-order valence-electron chi connectivity index (χ4n) is 2.39. The lowest BCUT2D eigenvalue weighted by molar-refractivity contribution is 0.102. The number of benzene rings is 1. The smallest absolute Gasteiger partial charge is 0.137 e. The van der Waals surface area contributed by atoms with Gasteiger partial charge in [0.2, 0.25) is 0 Å². The number of hydrogen-bond acceptors (Lipinski definition) is 4. The highest BCUT2D eigenvalue weighted by molar-refractivity contribution is 6.32. The molecule has 1 N–H and O–H groups in total. The second-order valence-electron chi connectivity index (χ2n) is 5.19. The van der Waals surface area contributed by atoms with Crippen molar-refractivity contribution < 1.29 is 9.84 Å². The molecule has 0 atom stereocenters. The largest absolute Gasteiger partial charge is 0.491 e. The van der Waals surface area contributed by atoms with Gasteiger partial charge in [-0.15, -0.1) is 0 Å². The van der Waals surface area contributed by atoms with E-state index in [-0.39, 0.29) is 6.61 Å². The van der Waals surface area contributed by atoms with E-state index in [0.29, 0.717) is 11.6 Å². The van der Waals surface area contributed by atoms with Gasteiger partial charge >= 0.3 is 0 Å². The molecule has 0 unspecified atom stereocenters. The molecule has 1 aliphatic rings. The fourth-order valence-corrected chi connectivity index (χ4v) is 2.68. The van der Waals surface area contributed by atoms with Crippen molar-refractivity contribution in [3.05, 3.63) is 28.8 Å². The van der Waals surface area contributed by atoms with Crippen LogP contribution in [-0.4, -0.2) is 67.4 Å². The van der Waals surface area contributed by atoms with E-state index in [2.05, 4.69) is 9.80 Å². The summed E-state index contributed by atoms with van der Waals surface area (Å²) in [6, 6.07) is 5.86. The highest BCUT2D eigenvalue weighted by Gasteiger charge is 2.15. The van der Waals surface area contributed by atoms with Gasteiger partial charge in [0.25, 0.3) is 0 Å². The van der Waals surface area contributed by atoms with E-state index < -0.39 is 0 Å². The number of halogens is 1. The zero-order valence-electron chi connectivity index (χ0n) is 12.0. The average Bonchev–Trinajstić information content (AvgIpc) is 2.43. The highest BCUT2D eigenvalue weighted by Crippen LogP contribution is 2.24. The number of nitrogens with zero attached hydrogens (tertiary/aromatic N) is 2. The predicted molar refractivity (Wildman–Crippen MR) is 81.6 cm³/mol. The summed E-state index contributed by atoms with van der Waals surface area (Å²) in [6.45, 7) is 8.72. The average molecular weight is 299 g/mol. The van der Waals surface area contributed by atoms with Gasteiger partial charge in [0.15, 0.2) is 0 Å². The molecule has 0 bridgehead atoms. The molecule has 1 aliphatic heterocycles. The molecular weight excluding hydrogens is 276 g/mol. The highest BCUT2D eigenvalue weighted by atomic mass is 35.5. The Balaban J connectivity index is 1.69. The van der Waals surface area contributed by atoms with E-state index in [9.17, 15) is 0 Å². The van der Waals surface area contributed by atoms with Gasteiger partial charge in [0.05, 0.1) is 11.6 Å². The molecule has 0 aliphatic carbocycles. The monoisotopic (exact) mass is 298 g/mol. The topological polar surface area (TPSA) is 35.9 Å². The van der Waals surface area contributed by atoms with E-state index in [4.69, 9.17) is 21.4 Å². The van der Waals surface area contributed by atoms with E-state index in [1.54, 1.807) is 0 Å². The summed E-state index contributed by atoms with van der Waals surface area (Å²) in [6.07, 6.45) is 0. The molecule has 5 heteroatoms. The van der Waals surface area contributed by atoms with Crippen molar-refractivity contribution >= 4 is 11.6 Å². The molecule has 1 saturated heterocycles. The minimum Gasteiger partial charge on any atom is -0.491 e. The Kier molecular flexibility index (Phi) is 6.10. The van der Waals surface area contributed by atoms with Crippen molar-refractivity contribution in [3.63, 3.8) is 0 Å². The van der Waals surface area contributed by atoms with Crippen LogP contribution in [0.15, 0.2) is 18.2 Å². The number of ether oxygens (including phenoxy) is 1. The van der Waals surface area contributed by atoms with E-state index in [1.807, 2.05) is 25.1 Å². The van der Waals surface area contributed by atoms with Gasteiger partial charge in [-0.3, -0.25) is 9.80 Å². The molecule has 1 aromatic carbocycles. The molecule has 20 heavy (non-hydrogen) atoms. The minimum atomic E-state index is 0.245. The van der Waals surface area contributed by atoms with Crippen molar-refractivity contribution in [2.45, 2.75) is 6.92 Å². The van der Waals surface area contributed by atoms with Gasteiger partial charge in [-0.25, -0.2) is 0 Å². The third-order valence-corrected chi connectivity index (χ3v) is 3.93. The number of β-amino-alcohol motifs (C(OH)–C–C–N with tert-alkyl or cyclic N) is 1. The Morgan fingerprint density at radius 3 is 2.40 bits per heavy atom. The van der Waals surface area contributed by atoms with Crippen LogP contribution in [0.25, 0.3) is 0 Å². The van der Waals surface area contributed by atoms with Crippen LogP contribution in [-0.2, 0) is 0 Å². The Morgan fingerprint density at radius 1 is 1.15 bits per heavy atom. The molecule has 1 fully saturated rings. The van der Waals surface area contributed by atoms with Gasteiger partial charge in [-0.1, -0.05) is 17.7 Å². The van der Waals surface area contributed by atoms with Crippen molar-refractivity contribution in [2.24, 2.45) is 0 Å². The molecule has 0 spiro atoms. The van der Waals surface area contributed by atoms with Crippen molar-refractivity contribution in [3.8, 4) is 5.75 Å². The predicted octanol–water partition coefficient (Wildman–Crippen LogP) is 1.64. The molecule has 2 rings (SSSR count). The third kappa shape index (κ3) is 4.63. The zero-order chi connectivity index (χ0) is 14.4. The summed E-state index contributed by atoms with van der Waals surface area (Å²) in [5.74, 6) is 0.760. The number of aliphatic hydroxyl groups is 1. The molecule has 0 radical (unpaired) electrons. The second-order valence-corrected chi connectivity index (χ2v) is 5.60. The molecule has 1 heterocycles. The molecule has 0 aromatic heterocycles. The first-order valence-corrected chi connectivity index (χ1v) is 7.51. The van der Waals surface area contributed by atoms with Crippen LogP contribution in [0.1, 0.15) is 5.56 Å². The van der Waals surface area contributed by atoms with Gasteiger partial charge in [0.1, 0.15) is 12.4 Å². The Bertz CT molecular complexity index is 420. The number of hydrogen-bond donors (Lipinski definition) is 1. The standard InChI is InChI=1S/C15H23ClN2O2/c1-13-2-3-15(14(16)12-13)20-11-9-18-6-4-17(5-7-18)8-10-19/h2-3,12,19H,4-11H2,1H3. The summed E-state index contributed by atoms with van der Waals surface area (Å²) >= 11 is 6.14. The lowest BCUT2D eigenvalue weighted by Gasteiger charge is -2.34. The first kappa shape index (κ1) is 15.6. The maximum Gasteiger partial charge on any atom is 0.137 e. The number of aryl methyl sites for hydroxylation is 1. The quantitative estimate of drug-likeness (QED) is 0.866. The zero-order valence-corrected chi connectivity index (χ0v) is 12.8. The van der Waals surface area contributed by atoms with Crippen LogP contribution >= 0.6 is 11.6 Å². The molecule has 112 valence electrons. The lowest BCUT2D eigenvalue weighted by atomic mass is 10.2. The Hall–Kier alpha value is -0.810. The van der Waals surface area contributed by atoms with Gasteiger partial charge in [0, 0.05) is 39.3 Å². The summed E-state index contributed by atoms with van der Waals surface area (Å²) in [4.78, 5) is 4.67. The van der Waals surface area contributed by atoms with Crippen molar-refractivity contribution in [1.29, 1.82) is 0 Å². The first-order valence-electron chi connectivity index (χ1n) is 7.13. The Labute approximate surface area is 125 Å². The van der Waals surface area contributed by atoms with E-state index in [1.165, 1.54) is 0 Å². The van der Waals surface area contributed by atoms with Crippen LogP contribution in [0.3, 0.4) is 0 Å². The maximum absolute atomic E-state index is 8.91. The SMILES string of the molecule is Cc1ccc(OCCN2CCN(CCO)CC2)c(Cl)c1. The van der Waals surface area contributed by atoms with E-state index in [0.717, 1.165) is 50.6 Å². The van der Waals surface area contributed by atoms with Gasteiger partial charge in [-0.05, 0) is 24.6 Å². The van der Waals surface area contributed by atoms with Crippen LogP contribution in [0, 0.1) is 6.92 Å². The fraction of sp³-hybridized carbons (Fsp3) is 0.600. The summed E-state index contributed by atoms with van der Waals surface area (Å²) in [5.41, 5.74) is 1.14. The van der Waals surface area contributed by atoms with Gasteiger partial charge < -0.3 is 9.84 Å². The second kappa shape index (κ2) is 7.84. The first-order chi connectivity index (χ1) is 9.69. The van der Waals surface area contributed by atoms with Crippen molar-refractivity contribution in [1.82, 2.24) is 9.80 Å². The molecule has 4 nitrogen and oxygen atoms in total. The normalized spacial score (nSPS) is 17.4. The van der Waals surface area contributed by atoms with Crippen LogP contribution < -0.4 is 4.74 Å². The summed E-state index contributed by atoms with van der Waals surface area (Å²) in [5, 5.41) is 9.59. The summed E-state index contributed by atoms with van der Waals surface area (Å²) < 4.78 is 5.74. The molecule has 0 amide bonds. The minimum absolute atomic E-state index is 0.245. The molecule has 0 saturated carbocycles. The maximum atomic E-state index is 8.91. The van der Waals surface area contributed by atoms with Crippen LogP contribution in [0.2, 0.25) is 5.02 Å². The number of piperazine rings is 1. The van der Waals surface area contributed by atoms with Gasteiger partial charge in [-0.2, -0.15) is 0 Å². The van der Waals surface area contributed by atoms with Crippen LogP contribution in [0.4, 0.5) is 0 Å². The number of rotatable bonds is 6. The van der Waals surface area contributed by atoms with Crippen LogP contribution in [0.5, 0.6) is 5.75 Å². The van der Waals surface area contributed by atoms with Crippen molar-refractivity contribution in [2.75, 3.05) is 52.5 Å².